The Morgan fingerprint density at radius 3 is 2.33 bits per heavy atom. The van der Waals surface area contributed by atoms with Crippen molar-refractivity contribution < 1.29 is 18.3 Å². The summed E-state index contributed by atoms with van der Waals surface area (Å²) >= 11 is 0. The summed E-state index contributed by atoms with van der Waals surface area (Å²) in [4.78, 5) is 0.177. The molecule has 0 radical (unpaired) electrons. The second kappa shape index (κ2) is 6.17. The van der Waals surface area contributed by atoms with Crippen LogP contribution in [0, 0.1) is 0 Å². The van der Waals surface area contributed by atoms with Crippen molar-refractivity contribution in [2.45, 2.75) is 25.3 Å². The predicted octanol–water partition coefficient (Wildman–Crippen LogP) is 1.22. The van der Waals surface area contributed by atoms with Gasteiger partial charge in [-0.2, -0.15) is 4.31 Å². The predicted molar refractivity (Wildman–Crippen MR) is 69.0 cm³/mol. The van der Waals surface area contributed by atoms with Crippen LogP contribution in [0.1, 0.15) is 19.4 Å². The first-order valence-electron chi connectivity index (χ1n) is 5.79. The number of benzene rings is 1. The van der Waals surface area contributed by atoms with Gasteiger partial charge in [-0.3, -0.25) is 0 Å². The zero-order valence-electron chi connectivity index (χ0n) is 10.9. The van der Waals surface area contributed by atoms with Crippen LogP contribution >= 0.6 is 0 Å². The fourth-order valence-electron chi connectivity index (χ4n) is 1.75. The number of rotatable bonds is 6. The molecule has 0 aliphatic rings. The van der Waals surface area contributed by atoms with Gasteiger partial charge in [-0.15, -0.1) is 0 Å². The van der Waals surface area contributed by atoms with Gasteiger partial charge in [0, 0.05) is 18.7 Å². The first-order chi connectivity index (χ1) is 8.51. The van der Waals surface area contributed by atoms with Crippen molar-refractivity contribution in [2.24, 2.45) is 0 Å². The molecule has 1 N–H and O–H groups in total. The number of ether oxygens (including phenoxy) is 1. The average molecular weight is 273 g/mol. The maximum Gasteiger partial charge on any atom is 0.243 e. The quantitative estimate of drug-likeness (QED) is 0.846. The normalized spacial score (nSPS) is 11.8. The van der Waals surface area contributed by atoms with Crippen LogP contribution in [0.25, 0.3) is 0 Å². The van der Waals surface area contributed by atoms with E-state index in [1.165, 1.54) is 23.5 Å². The smallest absolute Gasteiger partial charge is 0.243 e. The van der Waals surface area contributed by atoms with Crippen molar-refractivity contribution in [2.75, 3.05) is 20.2 Å². The summed E-state index contributed by atoms with van der Waals surface area (Å²) in [5.41, 5.74) is 0.464. The lowest BCUT2D eigenvalue weighted by Crippen LogP contribution is -2.30. The lowest BCUT2D eigenvalue weighted by atomic mass is 10.2. The first kappa shape index (κ1) is 14.9. The summed E-state index contributed by atoms with van der Waals surface area (Å²) < 4.78 is 31.0. The Balaban J connectivity index is 3.25. The number of methoxy groups -OCH3 is 1. The maximum absolute atomic E-state index is 12.3. The second-order valence-corrected chi connectivity index (χ2v) is 5.66. The van der Waals surface area contributed by atoms with E-state index in [9.17, 15) is 13.5 Å². The van der Waals surface area contributed by atoms with Gasteiger partial charge in [0.1, 0.15) is 5.75 Å². The summed E-state index contributed by atoms with van der Waals surface area (Å²) in [5.74, 6) is 0.482. The molecule has 5 nitrogen and oxygen atoms in total. The van der Waals surface area contributed by atoms with E-state index in [4.69, 9.17) is 4.74 Å². The molecule has 0 amide bonds. The molecule has 1 rings (SSSR count). The fraction of sp³-hybridized carbons (Fsp3) is 0.500. The number of sulfonamides is 1. The number of nitrogens with zero attached hydrogens (tertiary/aromatic N) is 1. The molecular weight excluding hydrogens is 254 g/mol. The molecule has 0 saturated carbocycles. The van der Waals surface area contributed by atoms with Gasteiger partial charge in [0.05, 0.1) is 18.6 Å². The number of aliphatic hydroxyl groups is 1. The molecule has 0 atom stereocenters. The molecule has 0 fully saturated rings. The van der Waals surface area contributed by atoms with Crippen LogP contribution in [-0.2, 0) is 16.6 Å². The van der Waals surface area contributed by atoms with Crippen molar-refractivity contribution in [1.29, 1.82) is 0 Å². The van der Waals surface area contributed by atoms with Crippen molar-refractivity contribution in [3.63, 3.8) is 0 Å². The highest BCUT2D eigenvalue weighted by atomic mass is 32.2. The zero-order valence-corrected chi connectivity index (χ0v) is 11.7. The molecule has 0 spiro atoms. The van der Waals surface area contributed by atoms with Crippen molar-refractivity contribution in [3.05, 3.63) is 23.8 Å². The van der Waals surface area contributed by atoms with Gasteiger partial charge in [-0.25, -0.2) is 8.42 Å². The first-order valence-corrected chi connectivity index (χ1v) is 7.23. The third-order valence-corrected chi connectivity index (χ3v) is 4.81. The third-order valence-electron chi connectivity index (χ3n) is 2.77. The Kier molecular flexibility index (Phi) is 5.13. The van der Waals surface area contributed by atoms with Crippen molar-refractivity contribution in [3.8, 4) is 5.75 Å². The molecule has 0 unspecified atom stereocenters. The summed E-state index contributed by atoms with van der Waals surface area (Å²) in [6.45, 7) is 4.15. The molecule has 0 aromatic heterocycles. The molecule has 1 aromatic carbocycles. The van der Waals surface area contributed by atoms with Gasteiger partial charge in [0.2, 0.25) is 10.0 Å². The van der Waals surface area contributed by atoms with Crippen molar-refractivity contribution in [1.82, 2.24) is 4.31 Å². The Morgan fingerprint density at radius 1 is 1.28 bits per heavy atom. The minimum absolute atomic E-state index is 0.177. The van der Waals surface area contributed by atoms with E-state index < -0.39 is 10.0 Å². The number of hydrogen-bond acceptors (Lipinski definition) is 4. The fourth-order valence-corrected chi connectivity index (χ4v) is 3.26. The minimum Gasteiger partial charge on any atom is -0.496 e. The van der Waals surface area contributed by atoms with E-state index in [1.807, 2.05) is 0 Å². The topological polar surface area (TPSA) is 66.8 Å². The summed E-state index contributed by atoms with van der Waals surface area (Å²) in [6, 6.07) is 4.50. The highest BCUT2D eigenvalue weighted by Crippen LogP contribution is 2.24. The zero-order chi connectivity index (χ0) is 13.8. The number of hydrogen-bond donors (Lipinski definition) is 1. The Hall–Kier alpha value is -1.11. The molecule has 0 aliphatic carbocycles. The maximum atomic E-state index is 12.3. The molecule has 18 heavy (non-hydrogen) atoms. The Morgan fingerprint density at radius 2 is 1.89 bits per heavy atom. The molecule has 102 valence electrons. The van der Waals surface area contributed by atoms with E-state index in [0.29, 0.717) is 24.4 Å². The largest absolute Gasteiger partial charge is 0.496 e. The van der Waals surface area contributed by atoms with E-state index in [1.54, 1.807) is 19.9 Å². The Labute approximate surface area is 108 Å². The van der Waals surface area contributed by atoms with Crippen LogP contribution in [-0.4, -0.2) is 38.0 Å². The van der Waals surface area contributed by atoms with E-state index in [2.05, 4.69) is 0 Å². The molecule has 0 bridgehead atoms. The van der Waals surface area contributed by atoms with Crippen LogP contribution in [0.2, 0.25) is 0 Å². The van der Waals surface area contributed by atoms with Gasteiger partial charge in [-0.1, -0.05) is 13.8 Å². The van der Waals surface area contributed by atoms with Crippen LogP contribution in [0.5, 0.6) is 5.75 Å². The molecule has 0 saturated heterocycles. The summed E-state index contributed by atoms with van der Waals surface area (Å²) in [7, 11) is -2.01. The highest BCUT2D eigenvalue weighted by Gasteiger charge is 2.22. The van der Waals surface area contributed by atoms with Crippen LogP contribution in [0.4, 0.5) is 0 Å². The SMILES string of the molecule is CCN(CC)S(=O)(=O)c1ccc(OC)c(CO)c1. The lowest BCUT2D eigenvalue weighted by molar-refractivity contribution is 0.273. The number of aliphatic hydroxyl groups excluding tert-OH is 1. The third kappa shape index (κ3) is 2.82. The van der Waals surface area contributed by atoms with E-state index in [-0.39, 0.29) is 11.5 Å². The van der Waals surface area contributed by atoms with Gasteiger partial charge in [-0.05, 0) is 18.2 Å². The molecule has 0 aliphatic heterocycles. The van der Waals surface area contributed by atoms with Gasteiger partial charge in [0.15, 0.2) is 0 Å². The van der Waals surface area contributed by atoms with Crippen LogP contribution < -0.4 is 4.74 Å². The molecular formula is C12H19NO4S. The standard InChI is InChI=1S/C12H19NO4S/c1-4-13(5-2)18(15,16)11-6-7-12(17-3)10(8-11)9-14/h6-8,14H,4-5,9H2,1-3H3. The highest BCUT2D eigenvalue weighted by molar-refractivity contribution is 7.89. The second-order valence-electron chi connectivity index (χ2n) is 3.72. The van der Waals surface area contributed by atoms with Crippen LogP contribution in [0.15, 0.2) is 23.1 Å². The molecule has 0 heterocycles. The van der Waals surface area contributed by atoms with E-state index in [0.717, 1.165) is 0 Å². The van der Waals surface area contributed by atoms with Gasteiger partial charge < -0.3 is 9.84 Å². The van der Waals surface area contributed by atoms with Gasteiger partial charge in [0.25, 0.3) is 0 Å². The molecule has 1 aromatic rings. The Bertz CT molecular complexity index is 495. The van der Waals surface area contributed by atoms with E-state index >= 15 is 0 Å². The van der Waals surface area contributed by atoms with Crippen molar-refractivity contribution >= 4 is 10.0 Å². The molecule has 6 heteroatoms. The summed E-state index contributed by atoms with van der Waals surface area (Å²) in [5, 5.41) is 9.20. The summed E-state index contributed by atoms with van der Waals surface area (Å²) in [6.07, 6.45) is 0. The van der Waals surface area contributed by atoms with Crippen LogP contribution in [0.3, 0.4) is 0 Å². The monoisotopic (exact) mass is 273 g/mol. The lowest BCUT2D eigenvalue weighted by Gasteiger charge is -2.19. The van der Waals surface area contributed by atoms with Gasteiger partial charge >= 0.3 is 0 Å². The minimum atomic E-state index is -3.49. The average Bonchev–Trinajstić information content (AvgIpc) is 2.38.